The molecule has 0 radical (unpaired) electrons. The van der Waals surface area contributed by atoms with Crippen LogP contribution in [-0.2, 0) is 29.6 Å². The van der Waals surface area contributed by atoms with Crippen molar-refractivity contribution in [2.24, 2.45) is 0 Å². The summed E-state index contributed by atoms with van der Waals surface area (Å²) in [4.78, 5) is 22.2. The first kappa shape index (κ1) is 38.4. The van der Waals surface area contributed by atoms with Gasteiger partial charge in [-0.1, -0.05) is 115 Å². The molecule has 46 heavy (non-hydrogen) atoms. The largest absolute Gasteiger partial charge is 0.472 e. The third kappa shape index (κ3) is 16.7. The number of phosphoric acid groups is 1. The Morgan fingerprint density at radius 3 is 2.04 bits per heavy atom. The van der Waals surface area contributed by atoms with Crippen LogP contribution in [-0.4, -0.2) is 49.6 Å². The molecule has 1 aliphatic heterocycles. The Labute approximate surface area is 277 Å². The molecule has 3 rings (SSSR count). The second kappa shape index (κ2) is 23.3. The molecule has 1 amide bonds. The molecule has 0 spiro atoms. The second-order valence-electron chi connectivity index (χ2n) is 12.6. The minimum Gasteiger partial charge on any atom is -0.447 e. The van der Waals surface area contributed by atoms with E-state index in [-0.39, 0.29) is 32.0 Å². The molecule has 1 saturated heterocycles. The van der Waals surface area contributed by atoms with Gasteiger partial charge in [0.25, 0.3) is 0 Å². The zero-order chi connectivity index (χ0) is 32.7. The summed E-state index contributed by atoms with van der Waals surface area (Å²) < 4.78 is 35.9. The lowest BCUT2D eigenvalue weighted by Crippen LogP contribution is -2.36. The van der Waals surface area contributed by atoms with Crippen LogP contribution in [0.4, 0.5) is 4.79 Å². The third-order valence-electron chi connectivity index (χ3n) is 8.69. The van der Waals surface area contributed by atoms with E-state index in [1.807, 2.05) is 47.2 Å². The molecule has 1 aliphatic rings. The summed E-state index contributed by atoms with van der Waals surface area (Å²) in [6, 6.07) is 11.9. The molecule has 2 heterocycles. The van der Waals surface area contributed by atoms with Crippen LogP contribution in [0.25, 0.3) is 10.9 Å². The van der Waals surface area contributed by atoms with E-state index in [1.54, 1.807) is 0 Å². The van der Waals surface area contributed by atoms with Crippen LogP contribution >= 0.6 is 7.82 Å². The lowest BCUT2D eigenvalue weighted by molar-refractivity contribution is -0.672. The van der Waals surface area contributed by atoms with Crippen molar-refractivity contribution >= 4 is 24.8 Å². The minimum absolute atomic E-state index is 0.0307. The molecule has 2 N–H and O–H groups in total. The lowest BCUT2D eigenvalue weighted by Gasteiger charge is -2.16. The van der Waals surface area contributed by atoms with E-state index >= 15 is 0 Å². The first-order chi connectivity index (χ1) is 22.5. The molecule has 10 heteroatoms. The number of pyridine rings is 1. The van der Waals surface area contributed by atoms with Gasteiger partial charge in [0.05, 0.1) is 18.8 Å². The van der Waals surface area contributed by atoms with Gasteiger partial charge >= 0.3 is 13.9 Å². The maximum absolute atomic E-state index is 12.4. The van der Waals surface area contributed by atoms with Gasteiger partial charge in [0.15, 0.2) is 12.7 Å². The smallest absolute Gasteiger partial charge is 0.447 e. The van der Waals surface area contributed by atoms with Crippen molar-refractivity contribution < 1.29 is 37.3 Å². The Hall–Kier alpha value is -2.03. The van der Waals surface area contributed by atoms with Gasteiger partial charge in [0.1, 0.15) is 13.2 Å². The zero-order valence-corrected chi connectivity index (χ0v) is 29.1. The summed E-state index contributed by atoms with van der Waals surface area (Å²) >= 11 is 0. The number of ether oxygens (including phenoxy) is 2. The monoisotopic (exact) mass is 663 g/mol. The number of hydrogen-bond donors (Lipinski definition) is 2. The Morgan fingerprint density at radius 2 is 1.39 bits per heavy atom. The van der Waals surface area contributed by atoms with Crippen molar-refractivity contribution in [3.8, 4) is 0 Å². The fourth-order valence-corrected chi connectivity index (χ4v) is 6.74. The molecule has 3 unspecified atom stereocenters. The Bertz CT molecular complexity index is 1150. The number of phosphoric ester groups is 1. The highest BCUT2D eigenvalue weighted by atomic mass is 31.2. The number of fused-ring (bicyclic) bond motifs is 1. The summed E-state index contributed by atoms with van der Waals surface area (Å²) in [6.45, 7) is 3.42. The normalized spacial score (nSPS) is 17.7. The van der Waals surface area contributed by atoms with Crippen molar-refractivity contribution in [3.63, 3.8) is 0 Å². The molecule has 0 aliphatic carbocycles. The number of amides is 1. The number of nitrogens with zero attached hydrogens (tertiary/aromatic N) is 1. The average Bonchev–Trinajstić information content (AvgIpc) is 3.52. The Morgan fingerprint density at radius 1 is 0.826 bits per heavy atom. The van der Waals surface area contributed by atoms with Crippen LogP contribution in [0.15, 0.2) is 42.6 Å². The van der Waals surface area contributed by atoms with Gasteiger partial charge in [0, 0.05) is 24.1 Å². The number of hydrogen-bond acceptors (Lipinski definition) is 6. The van der Waals surface area contributed by atoms with E-state index in [1.165, 1.54) is 89.9 Å². The second-order valence-corrected chi connectivity index (χ2v) is 14.1. The van der Waals surface area contributed by atoms with Crippen molar-refractivity contribution in [1.29, 1.82) is 0 Å². The Balaban J connectivity index is 1.11. The van der Waals surface area contributed by atoms with Crippen LogP contribution in [0.1, 0.15) is 122 Å². The number of benzene rings is 1. The van der Waals surface area contributed by atoms with Gasteiger partial charge in [-0.05, 0) is 31.4 Å². The first-order valence-electron chi connectivity index (χ1n) is 18.0. The highest BCUT2D eigenvalue weighted by Gasteiger charge is 2.30. The summed E-state index contributed by atoms with van der Waals surface area (Å²) in [5.74, 6) is 0. The van der Waals surface area contributed by atoms with Crippen molar-refractivity contribution in [2.45, 2.75) is 141 Å². The van der Waals surface area contributed by atoms with E-state index < -0.39 is 13.9 Å². The fraction of sp³-hybridized carbons (Fsp3) is 0.722. The number of carbonyl (C=O) groups excluding carboxylic acids is 1. The maximum atomic E-state index is 12.4. The molecule has 0 bridgehead atoms. The predicted molar refractivity (Wildman–Crippen MR) is 183 cm³/mol. The summed E-state index contributed by atoms with van der Waals surface area (Å²) in [7, 11) is -4.22. The van der Waals surface area contributed by atoms with E-state index in [0.717, 1.165) is 23.7 Å². The van der Waals surface area contributed by atoms with Gasteiger partial charge < -0.3 is 19.7 Å². The maximum Gasteiger partial charge on any atom is 0.472 e. The van der Waals surface area contributed by atoms with E-state index in [2.05, 4.69) is 12.2 Å². The van der Waals surface area contributed by atoms with Gasteiger partial charge in [-0.3, -0.25) is 9.05 Å². The van der Waals surface area contributed by atoms with E-state index in [0.29, 0.717) is 25.9 Å². The lowest BCUT2D eigenvalue weighted by atomic mass is 10.0. The molecule has 260 valence electrons. The van der Waals surface area contributed by atoms with Crippen molar-refractivity contribution in [2.75, 3.05) is 26.4 Å². The van der Waals surface area contributed by atoms with Crippen molar-refractivity contribution in [3.05, 3.63) is 42.6 Å². The van der Waals surface area contributed by atoms with E-state index in [9.17, 15) is 14.3 Å². The standard InChI is InChI=1S/C36H59N2O7P/c1-2-3-4-5-6-7-8-9-10-11-12-13-14-15-16-19-26-37-36(39)42-30-33-24-25-34(45-33)31-44-46(40,41)43-29-28-38-27-20-22-32-21-17-18-23-35(32)38/h17-18,20-23,27,33-34H,2-16,19,24-26,28-31H2,1H3,(H-,37,39,40,41)/p+1. The molecular formula is C36H60N2O7P+. The van der Waals surface area contributed by atoms with Crippen LogP contribution < -0.4 is 9.88 Å². The highest BCUT2D eigenvalue weighted by molar-refractivity contribution is 7.47. The zero-order valence-electron chi connectivity index (χ0n) is 28.3. The van der Waals surface area contributed by atoms with Gasteiger partial charge in [0.2, 0.25) is 5.52 Å². The molecular weight excluding hydrogens is 603 g/mol. The highest BCUT2D eigenvalue weighted by Crippen LogP contribution is 2.43. The topological polar surface area (TPSA) is 107 Å². The number of rotatable bonds is 26. The number of unbranched alkanes of at least 4 members (excludes halogenated alkanes) is 15. The summed E-state index contributed by atoms with van der Waals surface area (Å²) in [6.07, 6.45) is 23.4. The van der Waals surface area contributed by atoms with Crippen LogP contribution in [0.2, 0.25) is 0 Å². The number of carbonyl (C=O) groups is 1. The quantitative estimate of drug-likeness (QED) is 0.0589. The third-order valence-corrected chi connectivity index (χ3v) is 9.68. The number of nitrogens with one attached hydrogen (secondary N) is 1. The number of alkyl carbamates (subject to hydrolysis) is 1. The van der Waals surface area contributed by atoms with Gasteiger partial charge in [-0.2, -0.15) is 4.57 Å². The van der Waals surface area contributed by atoms with Crippen LogP contribution in [0, 0.1) is 0 Å². The molecule has 1 fully saturated rings. The van der Waals surface area contributed by atoms with Gasteiger partial charge in [-0.15, -0.1) is 0 Å². The minimum atomic E-state index is -4.22. The summed E-state index contributed by atoms with van der Waals surface area (Å²) in [5.41, 5.74) is 1.02. The number of para-hydroxylation sites is 1. The molecule has 2 aromatic rings. The molecule has 1 aromatic heterocycles. The van der Waals surface area contributed by atoms with Crippen LogP contribution in [0.3, 0.4) is 0 Å². The molecule has 3 atom stereocenters. The Kier molecular flexibility index (Phi) is 19.5. The average molecular weight is 664 g/mol. The summed E-state index contributed by atoms with van der Waals surface area (Å²) in [5, 5.41) is 3.91. The SMILES string of the molecule is CCCCCCCCCCCCCCCCCCNC(=O)OCC1CCC(COP(=O)(O)OCC[n+]2cccc3ccccc32)O1. The molecule has 1 aromatic carbocycles. The molecule has 9 nitrogen and oxygen atoms in total. The van der Waals surface area contributed by atoms with E-state index in [4.69, 9.17) is 18.5 Å². The predicted octanol–water partition coefficient (Wildman–Crippen LogP) is 8.80. The number of aromatic nitrogens is 1. The van der Waals surface area contributed by atoms with Gasteiger partial charge in [-0.25, -0.2) is 9.36 Å². The first-order valence-corrected chi connectivity index (χ1v) is 19.5. The van der Waals surface area contributed by atoms with Crippen LogP contribution in [0.5, 0.6) is 0 Å². The molecule has 0 saturated carbocycles. The van der Waals surface area contributed by atoms with Crippen molar-refractivity contribution in [1.82, 2.24) is 5.32 Å². The fourth-order valence-electron chi connectivity index (χ4n) is 5.99.